The summed E-state index contributed by atoms with van der Waals surface area (Å²) in [4.78, 5) is 21.6. The number of halogens is 1. The highest BCUT2D eigenvalue weighted by Gasteiger charge is 2.25. The molecule has 0 aromatic carbocycles. The number of piperazine rings is 1. The van der Waals surface area contributed by atoms with Crippen molar-refractivity contribution in [3.05, 3.63) is 26.9 Å². The Morgan fingerprint density at radius 2 is 2.05 bits per heavy atom. The number of rotatable bonds is 5. The summed E-state index contributed by atoms with van der Waals surface area (Å²) < 4.78 is 0.627. The van der Waals surface area contributed by atoms with E-state index in [1.165, 1.54) is 6.07 Å². The van der Waals surface area contributed by atoms with Crippen molar-refractivity contribution >= 4 is 27.4 Å². The average molecular weight is 358 g/mol. The summed E-state index contributed by atoms with van der Waals surface area (Å²) in [6.07, 6.45) is 1.61. The number of pyridine rings is 1. The lowest BCUT2D eigenvalue weighted by Crippen LogP contribution is -2.48. The minimum atomic E-state index is -0.370. The molecule has 1 fully saturated rings. The van der Waals surface area contributed by atoms with E-state index in [4.69, 9.17) is 0 Å². The highest BCUT2D eigenvalue weighted by molar-refractivity contribution is 9.10. The molecular formula is C13H20BrN5O2. The summed E-state index contributed by atoms with van der Waals surface area (Å²) >= 11 is 3.23. The van der Waals surface area contributed by atoms with Gasteiger partial charge in [-0.15, -0.1) is 0 Å². The number of hydrogen-bond donors (Lipinski definition) is 0. The van der Waals surface area contributed by atoms with E-state index in [-0.39, 0.29) is 10.6 Å². The molecule has 1 aliphatic heterocycles. The number of aromatic nitrogens is 1. The minimum Gasteiger partial charge on any atom is -0.348 e. The number of hydrogen-bond acceptors (Lipinski definition) is 6. The predicted molar refractivity (Wildman–Crippen MR) is 85.8 cm³/mol. The largest absolute Gasteiger partial charge is 0.348 e. The molecule has 1 aromatic heterocycles. The van der Waals surface area contributed by atoms with Crippen LogP contribution in [0.4, 0.5) is 11.5 Å². The molecule has 0 saturated carbocycles. The zero-order chi connectivity index (χ0) is 15.4. The van der Waals surface area contributed by atoms with Crippen molar-refractivity contribution in [2.75, 3.05) is 58.3 Å². The average Bonchev–Trinajstić information content (AvgIpc) is 2.45. The Kier molecular flexibility index (Phi) is 5.49. The molecule has 2 rings (SSSR count). The third-order valence-corrected chi connectivity index (χ3v) is 3.98. The quantitative estimate of drug-likeness (QED) is 0.586. The van der Waals surface area contributed by atoms with E-state index in [9.17, 15) is 10.1 Å². The van der Waals surface area contributed by atoms with Crippen molar-refractivity contribution in [3.8, 4) is 0 Å². The molecule has 0 bridgehead atoms. The Morgan fingerprint density at radius 3 is 2.62 bits per heavy atom. The van der Waals surface area contributed by atoms with Gasteiger partial charge in [-0.3, -0.25) is 15.0 Å². The zero-order valence-corrected chi connectivity index (χ0v) is 13.9. The second kappa shape index (κ2) is 7.15. The molecule has 21 heavy (non-hydrogen) atoms. The lowest BCUT2D eigenvalue weighted by molar-refractivity contribution is -0.384. The fourth-order valence-electron chi connectivity index (χ4n) is 2.32. The summed E-state index contributed by atoms with van der Waals surface area (Å²) in [6, 6.07) is 1.51. The molecule has 0 unspecified atom stereocenters. The number of anilines is 1. The van der Waals surface area contributed by atoms with Gasteiger partial charge in [-0.25, -0.2) is 4.98 Å². The second-order valence-electron chi connectivity index (χ2n) is 5.39. The van der Waals surface area contributed by atoms with Crippen LogP contribution < -0.4 is 4.90 Å². The van der Waals surface area contributed by atoms with E-state index < -0.39 is 0 Å². The van der Waals surface area contributed by atoms with Crippen LogP contribution in [0.1, 0.15) is 0 Å². The van der Waals surface area contributed by atoms with Gasteiger partial charge in [0.15, 0.2) is 0 Å². The maximum atomic E-state index is 11.2. The number of nitro groups is 1. The van der Waals surface area contributed by atoms with E-state index in [1.54, 1.807) is 6.20 Å². The molecule has 0 radical (unpaired) electrons. The molecule has 0 N–H and O–H groups in total. The maximum absolute atomic E-state index is 11.2. The van der Waals surface area contributed by atoms with Gasteiger partial charge in [-0.1, -0.05) is 0 Å². The van der Waals surface area contributed by atoms with E-state index in [1.807, 2.05) is 4.90 Å². The van der Waals surface area contributed by atoms with Gasteiger partial charge in [0.25, 0.3) is 0 Å². The van der Waals surface area contributed by atoms with Crippen molar-refractivity contribution in [1.82, 2.24) is 14.8 Å². The zero-order valence-electron chi connectivity index (χ0n) is 12.3. The molecule has 0 aliphatic carbocycles. The van der Waals surface area contributed by atoms with Crippen LogP contribution >= 0.6 is 15.9 Å². The molecule has 116 valence electrons. The first-order valence-electron chi connectivity index (χ1n) is 6.89. The van der Waals surface area contributed by atoms with Gasteiger partial charge in [-0.2, -0.15) is 0 Å². The van der Waals surface area contributed by atoms with Crippen LogP contribution in [0.5, 0.6) is 0 Å². The fourth-order valence-corrected chi connectivity index (χ4v) is 2.64. The predicted octanol–water partition coefficient (Wildman–Crippen LogP) is 1.44. The lowest BCUT2D eigenvalue weighted by Gasteiger charge is -2.35. The maximum Gasteiger partial charge on any atom is 0.312 e. The lowest BCUT2D eigenvalue weighted by atomic mass is 10.3. The molecular weight excluding hydrogens is 338 g/mol. The highest BCUT2D eigenvalue weighted by atomic mass is 79.9. The molecule has 1 saturated heterocycles. The Hall–Kier alpha value is -1.25. The van der Waals surface area contributed by atoms with Crippen LogP contribution in [0.15, 0.2) is 16.7 Å². The molecule has 0 amide bonds. The summed E-state index contributed by atoms with van der Waals surface area (Å²) in [5.41, 5.74) is 0.0612. The first-order valence-corrected chi connectivity index (χ1v) is 7.68. The molecule has 0 spiro atoms. The van der Waals surface area contributed by atoms with Crippen LogP contribution in [-0.4, -0.2) is 73.1 Å². The molecule has 1 aliphatic rings. The topological polar surface area (TPSA) is 65.8 Å². The summed E-state index contributed by atoms with van der Waals surface area (Å²) in [5, 5.41) is 11.2. The fraction of sp³-hybridized carbons (Fsp3) is 0.615. The Bertz CT molecular complexity index is 503. The van der Waals surface area contributed by atoms with Crippen LogP contribution in [0, 0.1) is 10.1 Å². The van der Waals surface area contributed by atoms with Crippen molar-refractivity contribution in [2.24, 2.45) is 0 Å². The van der Waals surface area contributed by atoms with E-state index in [0.29, 0.717) is 10.3 Å². The Balaban J connectivity index is 2.01. The van der Waals surface area contributed by atoms with E-state index in [0.717, 1.165) is 39.3 Å². The Morgan fingerprint density at radius 1 is 1.38 bits per heavy atom. The van der Waals surface area contributed by atoms with Gasteiger partial charge in [-0.05, 0) is 30.0 Å². The van der Waals surface area contributed by atoms with Crippen LogP contribution in [0.25, 0.3) is 0 Å². The Labute approximate surface area is 132 Å². The minimum absolute atomic E-state index is 0.0612. The normalized spacial score (nSPS) is 16.5. The van der Waals surface area contributed by atoms with Gasteiger partial charge in [0.05, 0.1) is 4.92 Å². The summed E-state index contributed by atoms with van der Waals surface area (Å²) in [6.45, 7) is 5.39. The van der Waals surface area contributed by atoms with E-state index >= 15 is 0 Å². The SMILES string of the molecule is CN(C)CCN1CCN(c2ncc(Br)cc2[N+](=O)[O-])CC1. The van der Waals surface area contributed by atoms with Crippen molar-refractivity contribution in [2.45, 2.75) is 0 Å². The van der Waals surface area contributed by atoms with Crippen molar-refractivity contribution in [1.29, 1.82) is 0 Å². The van der Waals surface area contributed by atoms with Gasteiger partial charge in [0, 0.05) is 56.0 Å². The van der Waals surface area contributed by atoms with Gasteiger partial charge in [0.2, 0.25) is 5.82 Å². The first kappa shape index (κ1) is 16.1. The first-order chi connectivity index (χ1) is 9.97. The monoisotopic (exact) mass is 357 g/mol. The summed E-state index contributed by atoms with van der Waals surface area (Å²) in [5.74, 6) is 0.468. The van der Waals surface area contributed by atoms with Crippen LogP contribution in [0.2, 0.25) is 0 Å². The van der Waals surface area contributed by atoms with Gasteiger partial charge in [0.1, 0.15) is 0 Å². The van der Waals surface area contributed by atoms with Crippen LogP contribution in [0.3, 0.4) is 0 Å². The smallest absolute Gasteiger partial charge is 0.312 e. The molecule has 0 atom stereocenters. The second-order valence-corrected chi connectivity index (χ2v) is 6.30. The molecule has 2 heterocycles. The standard InChI is InChI=1S/C13H20BrN5O2/c1-16(2)3-4-17-5-7-18(8-6-17)13-12(19(20)21)9-11(14)10-15-13/h9-10H,3-8H2,1-2H3. The molecule has 8 heteroatoms. The third kappa shape index (κ3) is 4.36. The van der Waals surface area contributed by atoms with Crippen LogP contribution in [-0.2, 0) is 0 Å². The van der Waals surface area contributed by atoms with E-state index in [2.05, 4.69) is 44.8 Å². The number of nitrogens with zero attached hydrogens (tertiary/aromatic N) is 5. The van der Waals surface area contributed by atoms with Crippen molar-refractivity contribution in [3.63, 3.8) is 0 Å². The molecule has 7 nitrogen and oxygen atoms in total. The van der Waals surface area contributed by atoms with Crippen molar-refractivity contribution < 1.29 is 4.92 Å². The van der Waals surface area contributed by atoms with Gasteiger partial charge >= 0.3 is 5.69 Å². The third-order valence-electron chi connectivity index (χ3n) is 3.55. The number of likely N-dealkylation sites (N-methyl/N-ethyl adjacent to an activating group) is 1. The molecule has 1 aromatic rings. The summed E-state index contributed by atoms with van der Waals surface area (Å²) in [7, 11) is 4.12. The van der Waals surface area contributed by atoms with Gasteiger partial charge < -0.3 is 9.80 Å². The highest BCUT2D eigenvalue weighted by Crippen LogP contribution is 2.29.